The summed E-state index contributed by atoms with van der Waals surface area (Å²) in [6.45, 7) is 4.56. The van der Waals surface area contributed by atoms with Crippen LogP contribution in [0.25, 0.3) is 0 Å². The number of carbonyl (C=O) groups is 1. The zero-order chi connectivity index (χ0) is 15.4. The van der Waals surface area contributed by atoms with Crippen molar-refractivity contribution in [2.24, 2.45) is 0 Å². The molecule has 21 heavy (non-hydrogen) atoms. The summed E-state index contributed by atoms with van der Waals surface area (Å²) in [5.41, 5.74) is 1.65. The number of hydrogen-bond donors (Lipinski definition) is 1. The van der Waals surface area contributed by atoms with Crippen LogP contribution in [0.2, 0.25) is 0 Å². The molecule has 2 rings (SSSR count). The van der Waals surface area contributed by atoms with E-state index in [9.17, 15) is 9.18 Å². The maximum atomic E-state index is 13.1. The quantitative estimate of drug-likeness (QED) is 0.862. The largest absolute Gasteiger partial charge is 0.379 e. The molecule has 1 heterocycles. The van der Waals surface area contributed by atoms with E-state index in [4.69, 9.17) is 0 Å². The molecule has 0 aliphatic rings. The summed E-state index contributed by atoms with van der Waals surface area (Å²) in [5, 5.41) is 5.78. The summed E-state index contributed by atoms with van der Waals surface area (Å²) in [6.07, 6.45) is 0. The Labute approximate surface area is 135 Å². The van der Waals surface area contributed by atoms with Crippen LogP contribution in [0.4, 0.5) is 15.2 Å². The van der Waals surface area contributed by atoms with Gasteiger partial charge in [0.2, 0.25) is 5.91 Å². The Bertz CT molecular complexity index is 647. The number of halogens is 2. The summed E-state index contributed by atoms with van der Waals surface area (Å²) in [6, 6.07) is 4.74. The molecule has 0 aliphatic carbocycles. The van der Waals surface area contributed by atoms with E-state index >= 15 is 0 Å². The lowest BCUT2D eigenvalue weighted by Gasteiger charge is -2.14. The Kier molecular flexibility index (Phi) is 5.30. The zero-order valence-electron chi connectivity index (χ0n) is 11.7. The molecule has 1 aromatic heterocycles. The van der Waals surface area contributed by atoms with Crippen LogP contribution in [0.3, 0.4) is 0 Å². The third kappa shape index (κ3) is 4.01. The fourth-order valence-corrected chi connectivity index (χ4v) is 3.10. The molecule has 0 spiro atoms. The number of anilines is 2. The highest BCUT2D eigenvalue weighted by atomic mass is 79.9. The number of rotatable bonds is 5. The van der Waals surface area contributed by atoms with E-state index in [1.807, 2.05) is 12.3 Å². The molecule has 4 nitrogen and oxygen atoms in total. The maximum Gasteiger partial charge on any atom is 0.225 e. The number of nitrogens with one attached hydrogen (secondary N) is 1. The first-order valence-electron chi connectivity index (χ1n) is 6.42. The molecule has 2 aromatic rings. The van der Waals surface area contributed by atoms with Gasteiger partial charge in [0, 0.05) is 24.5 Å². The van der Waals surface area contributed by atoms with Crippen molar-refractivity contribution < 1.29 is 9.18 Å². The first kappa shape index (κ1) is 15.9. The average molecular weight is 372 g/mol. The lowest BCUT2D eigenvalue weighted by atomic mass is 10.3. The smallest absolute Gasteiger partial charge is 0.225 e. The minimum atomic E-state index is -0.295. The molecule has 0 atom stereocenters. The minimum Gasteiger partial charge on any atom is -0.379 e. The molecular formula is C14H15BrFN3OS. The van der Waals surface area contributed by atoms with Crippen molar-refractivity contribution in [3.63, 3.8) is 0 Å². The van der Waals surface area contributed by atoms with E-state index in [1.54, 1.807) is 17.0 Å². The molecule has 0 bridgehead atoms. The van der Waals surface area contributed by atoms with Gasteiger partial charge in [-0.1, -0.05) is 0 Å². The Morgan fingerprint density at radius 2 is 2.29 bits per heavy atom. The van der Waals surface area contributed by atoms with Crippen LogP contribution in [0.1, 0.15) is 19.5 Å². The molecule has 112 valence electrons. The molecule has 0 aliphatic heterocycles. The summed E-state index contributed by atoms with van der Waals surface area (Å²) < 4.78 is 13.6. The van der Waals surface area contributed by atoms with Crippen LogP contribution in [0.5, 0.6) is 0 Å². The molecule has 1 aromatic carbocycles. The lowest BCUT2D eigenvalue weighted by molar-refractivity contribution is -0.116. The van der Waals surface area contributed by atoms with Crippen molar-refractivity contribution in [2.75, 3.05) is 16.8 Å². The van der Waals surface area contributed by atoms with Crippen LogP contribution in [-0.4, -0.2) is 17.4 Å². The van der Waals surface area contributed by atoms with Gasteiger partial charge in [0.15, 0.2) is 5.13 Å². The second-order valence-corrected chi connectivity index (χ2v) is 6.06. The molecular weight excluding hydrogens is 357 g/mol. The molecule has 0 saturated heterocycles. The third-order valence-electron chi connectivity index (χ3n) is 2.86. The van der Waals surface area contributed by atoms with E-state index < -0.39 is 0 Å². The number of carbonyl (C=O) groups excluding carboxylic acids is 1. The van der Waals surface area contributed by atoms with E-state index in [2.05, 4.69) is 26.2 Å². The number of hydrogen-bond acceptors (Lipinski definition) is 4. The van der Waals surface area contributed by atoms with E-state index in [0.29, 0.717) is 22.7 Å². The number of thiazole rings is 1. The topological polar surface area (TPSA) is 45.2 Å². The normalized spacial score (nSPS) is 10.5. The van der Waals surface area contributed by atoms with Gasteiger partial charge in [0.1, 0.15) is 5.82 Å². The molecule has 0 saturated carbocycles. The van der Waals surface area contributed by atoms with Crippen LogP contribution < -0.4 is 10.2 Å². The van der Waals surface area contributed by atoms with Crippen LogP contribution in [0, 0.1) is 5.82 Å². The highest BCUT2D eigenvalue weighted by Gasteiger charge is 2.13. The summed E-state index contributed by atoms with van der Waals surface area (Å²) in [7, 11) is 0. The van der Waals surface area contributed by atoms with Gasteiger partial charge in [-0.2, -0.15) is 0 Å². The van der Waals surface area contributed by atoms with Gasteiger partial charge < -0.3 is 5.32 Å². The summed E-state index contributed by atoms with van der Waals surface area (Å²) in [5.74, 6) is -0.314. The number of amides is 1. The molecule has 1 N–H and O–H groups in total. The average Bonchev–Trinajstić information content (AvgIpc) is 2.89. The monoisotopic (exact) mass is 371 g/mol. The molecule has 0 unspecified atom stereocenters. The molecule has 0 fully saturated rings. The van der Waals surface area contributed by atoms with Crippen molar-refractivity contribution in [3.05, 3.63) is 39.6 Å². The highest BCUT2D eigenvalue weighted by molar-refractivity contribution is 9.10. The fraction of sp³-hybridized carbons (Fsp3) is 0.286. The van der Waals surface area contributed by atoms with Gasteiger partial charge in [-0.15, -0.1) is 11.3 Å². The van der Waals surface area contributed by atoms with Crippen LogP contribution >= 0.6 is 27.3 Å². The van der Waals surface area contributed by atoms with Crippen LogP contribution in [0.15, 0.2) is 28.1 Å². The van der Waals surface area contributed by atoms with Crippen molar-refractivity contribution in [2.45, 2.75) is 20.4 Å². The molecule has 1 amide bonds. The first-order valence-corrected chi connectivity index (χ1v) is 8.10. The maximum absolute atomic E-state index is 13.1. The van der Waals surface area contributed by atoms with Gasteiger partial charge in [-0.25, -0.2) is 9.37 Å². The standard InChI is InChI=1S/C14H15BrFN3OS/c1-3-19(9(2)20)14-18-11(8-21-14)7-17-10-4-5-13(16)12(15)6-10/h4-6,8,17H,3,7H2,1-2H3. The van der Waals surface area contributed by atoms with Gasteiger partial charge >= 0.3 is 0 Å². The van der Waals surface area contributed by atoms with E-state index in [-0.39, 0.29) is 11.7 Å². The highest BCUT2D eigenvalue weighted by Crippen LogP contribution is 2.23. The van der Waals surface area contributed by atoms with E-state index in [1.165, 1.54) is 24.3 Å². The Balaban J connectivity index is 2.02. The van der Waals surface area contributed by atoms with E-state index in [0.717, 1.165) is 11.4 Å². The Hall–Kier alpha value is -1.47. The summed E-state index contributed by atoms with van der Waals surface area (Å²) >= 11 is 4.58. The zero-order valence-corrected chi connectivity index (χ0v) is 14.1. The van der Waals surface area contributed by atoms with Gasteiger partial charge in [-0.3, -0.25) is 9.69 Å². The lowest BCUT2D eigenvalue weighted by Crippen LogP contribution is -2.27. The SMILES string of the molecule is CCN(C(C)=O)c1nc(CNc2ccc(F)c(Br)c2)cs1. The van der Waals surface area contributed by atoms with Crippen LogP contribution in [-0.2, 0) is 11.3 Å². The fourth-order valence-electron chi connectivity index (χ4n) is 1.79. The van der Waals surface area contributed by atoms with Crippen molar-refractivity contribution in [1.29, 1.82) is 0 Å². The first-order chi connectivity index (χ1) is 10.0. The van der Waals surface area contributed by atoms with Crippen molar-refractivity contribution in [1.82, 2.24) is 4.98 Å². The van der Waals surface area contributed by atoms with Gasteiger partial charge in [0.05, 0.1) is 16.7 Å². The van der Waals surface area contributed by atoms with Crippen molar-refractivity contribution in [3.8, 4) is 0 Å². The molecule has 7 heteroatoms. The van der Waals surface area contributed by atoms with Gasteiger partial charge in [0.25, 0.3) is 0 Å². The Morgan fingerprint density at radius 3 is 2.90 bits per heavy atom. The van der Waals surface area contributed by atoms with Gasteiger partial charge in [-0.05, 0) is 41.1 Å². The second kappa shape index (κ2) is 7.00. The predicted molar refractivity (Wildman–Crippen MR) is 87.2 cm³/mol. The third-order valence-corrected chi connectivity index (χ3v) is 4.38. The summed E-state index contributed by atoms with van der Waals surface area (Å²) in [4.78, 5) is 17.5. The second-order valence-electron chi connectivity index (χ2n) is 4.37. The van der Waals surface area contributed by atoms with Crippen molar-refractivity contribution >= 4 is 44.0 Å². The number of aromatic nitrogens is 1. The Morgan fingerprint density at radius 1 is 1.52 bits per heavy atom. The number of nitrogens with zero attached hydrogens (tertiary/aromatic N) is 2. The predicted octanol–water partition coefficient (Wildman–Crippen LogP) is 4.03. The molecule has 0 radical (unpaired) electrons. The number of benzene rings is 1. The minimum absolute atomic E-state index is 0.0196.